The lowest BCUT2D eigenvalue weighted by molar-refractivity contribution is 0.180. The number of nitrogens with zero attached hydrogens (tertiary/aromatic N) is 2. The van der Waals surface area contributed by atoms with Crippen molar-refractivity contribution in [3.05, 3.63) is 77.4 Å². The van der Waals surface area contributed by atoms with Crippen LogP contribution in [0.2, 0.25) is 0 Å². The van der Waals surface area contributed by atoms with Crippen LogP contribution >= 0.6 is 0 Å². The third-order valence-electron chi connectivity index (χ3n) is 12.7. The summed E-state index contributed by atoms with van der Waals surface area (Å²) in [7, 11) is 0. The van der Waals surface area contributed by atoms with Crippen molar-refractivity contribution in [3.63, 3.8) is 0 Å². The van der Waals surface area contributed by atoms with Crippen LogP contribution in [-0.4, -0.2) is 38.2 Å². The number of H-pyrrole nitrogens is 2. The summed E-state index contributed by atoms with van der Waals surface area (Å²) in [6.45, 7) is 13.5. The Morgan fingerprint density at radius 2 is 0.905 bits per heavy atom. The zero-order valence-corrected chi connectivity index (χ0v) is 39.7. The second-order valence-corrected chi connectivity index (χ2v) is 17.8. The van der Waals surface area contributed by atoms with E-state index >= 15 is 0 Å². The van der Waals surface area contributed by atoms with E-state index in [9.17, 15) is 0 Å². The highest BCUT2D eigenvalue weighted by Gasteiger charge is 2.23. The van der Waals surface area contributed by atoms with E-state index in [4.69, 9.17) is 24.2 Å². The van der Waals surface area contributed by atoms with Gasteiger partial charge in [0, 0.05) is 16.6 Å². The predicted molar refractivity (Wildman–Crippen MR) is 269 cm³/mol. The second-order valence-electron chi connectivity index (χ2n) is 17.8. The van der Waals surface area contributed by atoms with E-state index in [-0.39, 0.29) is 18.3 Å². The molecule has 0 amide bonds. The van der Waals surface area contributed by atoms with Crippen molar-refractivity contribution < 1.29 is 14.2 Å². The normalized spacial score (nSPS) is 13.6. The third-order valence-corrected chi connectivity index (χ3v) is 12.7. The van der Waals surface area contributed by atoms with Crippen LogP contribution in [0.1, 0.15) is 199 Å². The summed E-state index contributed by atoms with van der Waals surface area (Å²) in [5.41, 5.74) is 9.09. The van der Waals surface area contributed by atoms with Gasteiger partial charge in [-0.3, -0.25) is 0 Å². The highest BCUT2D eigenvalue weighted by atomic mass is 16.5. The molecular weight excluding hydrogens is 777 g/mol. The van der Waals surface area contributed by atoms with Crippen molar-refractivity contribution in [2.45, 2.75) is 195 Å². The molecule has 0 aliphatic carbocycles. The van der Waals surface area contributed by atoms with Crippen LogP contribution in [-0.2, 0) is 0 Å². The number of fused-ring (bicyclic) bond motifs is 8. The average Bonchev–Trinajstić information content (AvgIpc) is 4.16. The van der Waals surface area contributed by atoms with Gasteiger partial charge in [0.25, 0.3) is 0 Å². The lowest BCUT2D eigenvalue weighted by atomic mass is 10.1. The van der Waals surface area contributed by atoms with Gasteiger partial charge < -0.3 is 24.2 Å². The molecule has 0 radical (unpaired) electrons. The molecule has 2 N–H and O–H groups in total. The molecule has 2 aliphatic rings. The molecule has 5 heterocycles. The van der Waals surface area contributed by atoms with Gasteiger partial charge in [-0.15, -0.1) is 0 Å². The number of unbranched alkanes of at least 4 members (excludes halogenated alkanes) is 12. The highest BCUT2D eigenvalue weighted by Crippen LogP contribution is 2.39. The number of aromatic nitrogens is 4. The summed E-state index contributed by atoms with van der Waals surface area (Å²) < 4.78 is 21.4. The van der Waals surface area contributed by atoms with Crippen molar-refractivity contribution in [2.75, 3.05) is 0 Å². The van der Waals surface area contributed by atoms with Crippen molar-refractivity contribution >= 4 is 46.4 Å². The SMILES string of the molecule is CCCCCCCC(CC)Oc1c2nc(c(OC(CC)CCCCCCC)c3ccc(cc4cc(-c5ccccc5)c([nH]4)c(OC(CC)CCCCCCC)c4nc1C=C4)[nH]3)C=C2. The lowest BCUT2D eigenvalue weighted by Gasteiger charge is -2.19. The monoisotopic (exact) mass is 855 g/mol. The summed E-state index contributed by atoms with van der Waals surface area (Å²) in [6.07, 6.45) is 32.8. The molecular formula is C56H78N4O3. The standard InChI is InChI=1S/C56H78N4O3/c1-7-13-16-19-25-30-44(10-4)61-54-48-34-33-42(57-48)39-43-40-47(41-28-23-22-24-29-41)53(58-43)56(63-46(12-6)32-27-21-18-15-9-3)52-38-37-51(60-52)55(50-36-35-49(54)59-50)62-45(11-5)31-26-20-17-14-8-2/h22-24,28-29,33-40,44-46,57-58H,7-21,25-27,30-32H2,1-6H3. The smallest absolute Gasteiger partial charge is 0.170 e. The van der Waals surface area contributed by atoms with Crippen LogP contribution < -0.4 is 14.2 Å². The first kappa shape index (κ1) is 47.7. The molecule has 63 heavy (non-hydrogen) atoms. The van der Waals surface area contributed by atoms with Crippen LogP contribution in [0.5, 0.6) is 17.2 Å². The van der Waals surface area contributed by atoms with Gasteiger partial charge in [0.2, 0.25) is 0 Å². The number of nitrogens with one attached hydrogen (secondary N) is 2. The van der Waals surface area contributed by atoms with Gasteiger partial charge in [0.05, 0.1) is 29.3 Å². The van der Waals surface area contributed by atoms with Gasteiger partial charge in [-0.05, 0) is 112 Å². The summed E-state index contributed by atoms with van der Waals surface area (Å²) in [5, 5.41) is 0. The largest absolute Gasteiger partial charge is 0.486 e. The lowest BCUT2D eigenvalue weighted by Crippen LogP contribution is -2.17. The van der Waals surface area contributed by atoms with Crippen molar-refractivity contribution in [1.82, 2.24) is 19.9 Å². The van der Waals surface area contributed by atoms with E-state index in [1.165, 1.54) is 77.0 Å². The Morgan fingerprint density at radius 3 is 1.41 bits per heavy atom. The van der Waals surface area contributed by atoms with Crippen molar-refractivity contribution in [2.24, 2.45) is 0 Å². The van der Waals surface area contributed by atoms with E-state index < -0.39 is 0 Å². The molecule has 0 saturated carbocycles. The summed E-state index contributed by atoms with van der Waals surface area (Å²) in [4.78, 5) is 18.3. The van der Waals surface area contributed by atoms with E-state index in [2.05, 4.69) is 130 Å². The first-order chi connectivity index (χ1) is 31.0. The molecule has 3 atom stereocenters. The summed E-state index contributed by atoms with van der Waals surface area (Å²) >= 11 is 0. The Labute approximate surface area is 379 Å². The minimum atomic E-state index is 0.0402. The van der Waals surface area contributed by atoms with Gasteiger partial charge in [-0.2, -0.15) is 0 Å². The van der Waals surface area contributed by atoms with Crippen LogP contribution in [0.25, 0.3) is 57.5 Å². The first-order valence-corrected chi connectivity index (χ1v) is 25.2. The Balaban J connectivity index is 1.56. The number of rotatable bonds is 28. The van der Waals surface area contributed by atoms with E-state index in [0.717, 1.165) is 125 Å². The van der Waals surface area contributed by atoms with Gasteiger partial charge >= 0.3 is 0 Å². The summed E-state index contributed by atoms with van der Waals surface area (Å²) in [5.74, 6) is 2.25. The van der Waals surface area contributed by atoms with Gasteiger partial charge in [-0.25, -0.2) is 9.97 Å². The Bertz CT molecular complexity index is 2220. The van der Waals surface area contributed by atoms with Crippen molar-refractivity contribution in [1.29, 1.82) is 0 Å². The third kappa shape index (κ3) is 13.6. The molecule has 6 rings (SSSR count). The highest BCUT2D eigenvalue weighted by molar-refractivity contribution is 5.93. The Hall–Kier alpha value is -4.78. The van der Waals surface area contributed by atoms with E-state index in [1.54, 1.807) is 0 Å². The van der Waals surface area contributed by atoms with Gasteiger partial charge in [-0.1, -0.05) is 149 Å². The molecule has 8 bridgehead atoms. The molecule has 3 aromatic heterocycles. The number of hydrogen-bond donors (Lipinski definition) is 2. The maximum atomic E-state index is 7.21. The fourth-order valence-corrected chi connectivity index (χ4v) is 8.83. The minimum absolute atomic E-state index is 0.0402. The quantitative estimate of drug-likeness (QED) is 0.0480. The topological polar surface area (TPSA) is 85.1 Å². The molecule has 3 unspecified atom stereocenters. The zero-order valence-electron chi connectivity index (χ0n) is 39.7. The van der Waals surface area contributed by atoms with Crippen molar-refractivity contribution in [3.8, 4) is 28.4 Å². The Morgan fingerprint density at radius 1 is 0.444 bits per heavy atom. The van der Waals surface area contributed by atoms with Crippen LogP contribution in [0.4, 0.5) is 0 Å². The second kappa shape index (κ2) is 25.5. The van der Waals surface area contributed by atoms with Crippen LogP contribution in [0, 0.1) is 0 Å². The molecule has 0 saturated heterocycles. The van der Waals surface area contributed by atoms with Crippen LogP contribution in [0.15, 0.2) is 54.6 Å². The molecule has 1 aromatic carbocycles. The van der Waals surface area contributed by atoms with E-state index in [1.807, 2.05) is 0 Å². The number of benzene rings is 1. The fraction of sp³-hybridized carbons (Fsp3) is 0.536. The average molecular weight is 855 g/mol. The molecule has 7 heteroatoms. The molecule has 4 aromatic rings. The molecule has 7 nitrogen and oxygen atoms in total. The van der Waals surface area contributed by atoms with Crippen LogP contribution in [0.3, 0.4) is 0 Å². The molecule has 0 spiro atoms. The number of aromatic amines is 2. The number of hydrogen-bond acceptors (Lipinski definition) is 5. The summed E-state index contributed by atoms with van der Waals surface area (Å²) in [6, 6.07) is 19.3. The van der Waals surface area contributed by atoms with Gasteiger partial charge in [0.15, 0.2) is 17.2 Å². The Kier molecular flexibility index (Phi) is 19.3. The molecule has 2 aliphatic heterocycles. The first-order valence-electron chi connectivity index (χ1n) is 25.2. The maximum absolute atomic E-state index is 7.21. The van der Waals surface area contributed by atoms with E-state index in [0.29, 0.717) is 5.75 Å². The number of ether oxygens (including phenoxy) is 3. The molecule has 340 valence electrons. The maximum Gasteiger partial charge on any atom is 0.170 e. The zero-order chi connectivity index (χ0) is 44.2. The predicted octanol–water partition coefficient (Wildman–Crippen LogP) is 16.9. The van der Waals surface area contributed by atoms with Gasteiger partial charge in [0.1, 0.15) is 22.8 Å². The fourth-order valence-electron chi connectivity index (χ4n) is 8.83. The minimum Gasteiger partial charge on any atom is -0.486 e. The molecule has 0 fully saturated rings.